The van der Waals surface area contributed by atoms with Gasteiger partial charge in [-0.3, -0.25) is 9.59 Å². The number of ketones is 1. The van der Waals surface area contributed by atoms with Gasteiger partial charge in [0, 0.05) is 0 Å². The van der Waals surface area contributed by atoms with Gasteiger partial charge in [0.05, 0.1) is 23.7 Å². The number of hydrogen-bond acceptors (Lipinski definition) is 3. The quantitative estimate of drug-likeness (QED) is 0.759. The summed E-state index contributed by atoms with van der Waals surface area (Å²) in [6, 6.07) is 7.15. The van der Waals surface area contributed by atoms with Crippen LogP contribution < -0.4 is 5.32 Å². The van der Waals surface area contributed by atoms with E-state index in [-0.39, 0.29) is 6.42 Å². The number of rotatable bonds is 2. The predicted octanol–water partition coefficient (Wildman–Crippen LogP) is 1.75. The van der Waals surface area contributed by atoms with Crippen LogP contribution in [-0.4, -0.2) is 11.7 Å². The molecule has 0 fully saturated rings. The van der Waals surface area contributed by atoms with Gasteiger partial charge in [0.25, 0.3) is 11.7 Å². The van der Waals surface area contributed by atoms with Crippen LogP contribution in [0.2, 0.25) is 0 Å². The second-order valence-corrected chi connectivity index (χ2v) is 3.32. The lowest BCUT2D eigenvalue weighted by atomic mass is 10.0. The van der Waals surface area contributed by atoms with E-state index in [4.69, 9.17) is 5.26 Å². The third-order valence-corrected chi connectivity index (χ3v) is 2.28. The first-order valence-corrected chi connectivity index (χ1v) is 4.76. The second-order valence-electron chi connectivity index (χ2n) is 3.32. The van der Waals surface area contributed by atoms with Gasteiger partial charge in [-0.2, -0.15) is 5.26 Å². The summed E-state index contributed by atoms with van der Waals surface area (Å²) in [7, 11) is 0. The summed E-state index contributed by atoms with van der Waals surface area (Å²) in [5, 5.41) is 10.9. The Morgan fingerprint density at radius 1 is 1.38 bits per heavy atom. The molecule has 1 aliphatic heterocycles. The molecule has 1 N–H and O–H groups in total. The highest BCUT2D eigenvalue weighted by Gasteiger charge is 2.29. The predicted molar refractivity (Wildman–Crippen MR) is 58.7 cm³/mol. The van der Waals surface area contributed by atoms with Crippen LogP contribution >= 0.6 is 0 Å². The Hall–Kier alpha value is -2.41. The normalized spacial score (nSPS) is 13.7. The van der Waals surface area contributed by atoms with E-state index in [0.29, 0.717) is 16.8 Å². The number of carbonyl (C=O) groups excluding carboxylic acids is 2. The molecule has 4 heteroatoms. The molecule has 1 aliphatic rings. The molecule has 0 radical (unpaired) electrons. The van der Waals surface area contributed by atoms with Crippen LogP contribution in [0.3, 0.4) is 0 Å². The lowest BCUT2D eigenvalue weighted by Crippen LogP contribution is -2.12. The standard InChI is InChI=1S/C12H8N2O2/c13-7-2-1-4-8-5-3-6-9-10(8)11(15)12(16)14-9/h1,3-6H,2H2,(H,14,15,16). The minimum atomic E-state index is -0.601. The topological polar surface area (TPSA) is 70.0 Å². The van der Waals surface area contributed by atoms with Crippen molar-refractivity contribution < 1.29 is 9.59 Å². The Bertz CT molecular complexity index is 538. The van der Waals surface area contributed by atoms with E-state index < -0.39 is 11.7 Å². The Labute approximate surface area is 92.2 Å². The highest BCUT2D eigenvalue weighted by molar-refractivity contribution is 6.52. The Balaban J connectivity index is 2.43. The fourth-order valence-electron chi connectivity index (χ4n) is 1.60. The largest absolute Gasteiger partial charge is 0.318 e. The first-order valence-electron chi connectivity index (χ1n) is 4.76. The minimum absolute atomic E-state index is 0.277. The molecule has 0 saturated heterocycles. The van der Waals surface area contributed by atoms with Crippen LogP contribution in [0.1, 0.15) is 22.3 Å². The summed E-state index contributed by atoms with van der Waals surface area (Å²) in [6.07, 6.45) is 3.62. The van der Waals surface area contributed by atoms with Crippen molar-refractivity contribution in [3.63, 3.8) is 0 Å². The minimum Gasteiger partial charge on any atom is -0.318 e. The molecule has 0 unspecified atom stereocenters. The van der Waals surface area contributed by atoms with Crippen molar-refractivity contribution in [2.75, 3.05) is 5.32 Å². The molecule has 1 aromatic carbocycles. The Kier molecular flexibility index (Phi) is 2.52. The molecule has 0 saturated carbocycles. The number of benzene rings is 1. The number of carbonyl (C=O) groups is 2. The van der Waals surface area contributed by atoms with E-state index in [1.165, 1.54) is 0 Å². The maximum atomic E-state index is 11.5. The fraction of sp³-hybridized carbons (Fsp3) is 0.0833. The van der Waals surface area contributed by atoms with Gasteiger partial charge in [0.15, 0.2) is 0 Å². The fourth-order valence-corrected chi connectivity index (χ4v) is 1.60. The average Bonchev–Trinajstić information content (AvgIpc) is 2.56. The molecular formula is C12H8N2O2. The number of anilines is 1. The summed E-state index contributed by atoms with van der Waals surface area (Å²) in [4.78, 5) is 22.7. The van der Waals surface area contributed by atoms with Crippen LogP contribution in [0.25, 0.3) is 6.08 Å². The summed E-state index contributed by atoms with van der Waals surface area (Å²) in [6.45, 7) is 0. The molecule has 0 aliphatic carbocycles. The monoisotopic (exact) mass is 212 g/mol. The van der Waals surface area contributed by atoms with Gasteiger partial charge in [0.2, 0.25) is 0 Å². The van der Waals surface area contributed by atoms with Crippen molar-refractivity contribution in [3.05, 3.63) is 35.4 Å². The van der Waals surface area contributed by atoms with Crippen LogP contribution in [0.4, 0.5) is 5.69 Å². The first-order chi connectivity index (χ1) is 7.74. The van der Waals surface area contributed by atoms with Gasteiger partial charge < -0.3 is 5.32 Å². The van der Waals surface area contributed by atoms with Gasteiger partial charge in [0.1, 0.15) is 0 Å². The van der Waals surface area contributed by atoms with Gasteiger partial charge in [-0.05, 0) is 11.6 Å². The van der Waals surface area contributed by atoms with Crippen molar-refractivity contribution >= 4 is 23.5 Å². The van der Waals surface area contributed by atoms with E-state index in [2.05, 4.69) is 5.32 Å². The molecule has 78 valence electrons. The summed E-state index contributed by atoms with van der Waals surface area (Å²) >= 11 is 0. The number of fused-ring (bicyclic) bond motifs is 1. The van der Waals surface area contributed by atoms with Crippen LogP contribution in [0, 0.1) is 11.3 Å². The zero-order valence-corrected chi connectivity index (χ0v) is 8.36. The summed E-state index contributed by atoms with van der Waals surface area (Å²) in [5.74, 6) is -1.12. The lowest BCUT2D eigenvalue weighted by molar-refractivity contribution is -0.112. The van der Waals surface area contributed by atoms with Crippen LogP contribution in [0.5, 0.6) is 0 Å². The van der Waals surface area contributed by atoms with Crippen LogP contribution in [-0.2, 0) is 4.79 Å². The van der Waals surface area contributed by atoms with Crippen molar-refractivity contribution in [1.29, 1.82) is 5.26 Å². The highest BCUT2D eigenvalue weighted by Crippen LogP contribution is 2.27. The maximum Gasteiger partial charge on any atom is 0.296 e. The molecule has 0 aromatic heterocycles. The zero-order chi connectivity index (χ0) is 11.5. The lowest BCUT2D eigenvalue weighted by Gasteiger charge is -2.00. The molecule has 1 amide bonds. The zero-order valence-electron chi connectivity index (χ0n) is 8.36. The van der Waals surface area contributed by atoms with Crippen LogP contribution in [0.15, 0.2) is 24.3 Å². The smallest absolute Gasteiger partial charge is 0.296 e. The molecule has 16 heavy (non-hydrogen) atoms. The third-order valence-electron chi connectivity index (χ3n) is 2.28. The molecule has 4 nitrogen and oxygen atoms in total. The molecule has 1 heterocycles. The number of nitrogens with one attached hydrogen (secondary N) is 1. The first kappa shape index (κ1) is 10.1. The number of amides is 1. The van der Waals surface area contributed by atoms with E-state index in [1.807, 2.05) is 6.07 Å². The Morgan fingerprint density at radius 3 is 2.94 bits per heavy atom. The molecule has 0 bridgehead atoms. The average molecular weight is 212 g/mol. The summed E-state index contributed by atoms with van der Waals surface area (Å²) in [5.41, 5.74) is 1.59. The van der Waals surface area contributed by atoms with Crippen molar-refractivity contribution in [1.82, 2.24) is 0 Å². The number of nitrogens with zero attached hydrogens (tertiary/aromatic N) is 1. The molecule has 1 aromatic rings. The van der Waals surface area contributed by atoms with Gasteiger partial charge in [-0.25, -0.2) is 0 Å². The summed E-state index contributed by atoms with van der Waals surface area (Å²) < 4.78 is 0. The highest BCUT2D eigenvalue weighted by atomic mass is 16.2. The second kappa shape index (κ2) is 3.99. The van der Waals surface area contributed by atoms with E-state index in [0.717, 1.165) is 0 Å². The molecular weight excluding hydrogens is 204 g/mol. The van der Waals surface area contributed by atoms with E-state index in [9.17, 15) is 9.59 Å². The van der Waals surface area contributed by atoms with Gasteiger partial charge in [-0.1, -0.05) is 24.3 Å². The molecule has 0 spiro atoms. The van der Waals surface area contributed by atoms with Gasteiger partial charge >= 0.3 is 0 Å². The molecule has 2 rings (SSSR count). The van der Waals surface area contributed by atoms with Crippen molar-refractivity contribution in [3.8, 4) is 6.07 Å². The third kappa shape index (κ3) is 1.59. The number of Topliss-reactive ketones (excluding diaryl/α,β-unsaturated/α-hetero) is 1. The van der Waals surface area contributed by atoms with Gasteiger partial charge in [-0.15, -0.1) is 0 Å². The number of allylic oxidation sites excluding steroid dienone is 1. The van der Waals surface area contributed by atoms with E-state index >= 15 is 0 Å². The van der Waals surface area contributed by atoms with E-state index in [1.54, 1.807) is 30.4 Å². The number of hydrogen-bond donors (Lipinski definition) is 1. The van der Waals surface area contributed by atoms with Crippen molar-refractivity contribution in [2.45, 2.75) is 6.42 Å². The van der Waals surface area contributed by atoms with Crippen molar-refractivity contribution in [2.24, 2.45) is 0 Å². The number of nitriles is 1. The Morgan fingerprint density at radius 2 is 2.19 bits per heavy atom. The SMILES string of the molecule is N#CCC=Cc1cccc2c1C(=O)C(=O)N2. The molecule has 0 atom stereocenters. The maximum absolute atomic E-state index is 11.5.